The highest BCUT2D eigenvalue weighted by atomic mass is 16.5. The summed E-state index contributed by atoms with van der Waals surface area (Å²) in [4.78, 5) is 0. The van der Waals surface area contributed by atoms with Gasteiger partial charge in [-0.2, -0.15) is 0 Å². The average molecular weight is 199 g/mol. The van der Waals surface area contributed by atoms with Gasteiger partial charge in [0.05, 0.1) is 5.60 Å². The molecule has 84 valence electrons. The van der Waals surface area contributed by atoms with E-state index in [0.29, 0.717) is 0 Å². The summed E-state index contributed by atoms with van der Waals surface area (Å²) in [7, 11) is 1.78. The maximum atomic E-state index is 5.36. The maximum absolute atomic E-state index is 5.36. The van der Waals surface area contributed by atoms with Crippen molar-refractivity contribution in [1.29, 1.82) is 0 Å². The lowest BCUT2D eigenvalue weighted by Gasteiger charge is -2.26. The third-order valence-corrected chi connectivity index (χ3v) is 3.26. The van der Waals surface area contributed by atoms with Gasteiger partial charge < -0.3 is 10.1 Å². The quantitative estimate of drug-likeness (QED) is 0.735. The summed E-state index contributed by atoms with van der Waals surface area (Å²) in [6.07, 6.45) is 7.14. The molecule has 14 heavy (non-hydrogen) atoms. The zero-order chi connectivity index (χ0) is 10.4. The highest BCUT2D eigenvalue weighted by Gasteiger charge is 2.17. The molecule has 0 bridgehead atoms. The van der Waals surface area contributed by atoms with Crippen LogP contribution in [0.1, 0.15) is 46.0 Å². The SMILES string of the molecule is COC(C)(C)CNCC1CCCCC1. The molecular weight excluding hydrogens is 174 g/mol. The molecule has 0 aliphatic heterocycles. The lowest BCUT2D eigenvalue weighted by Crippen LogP contribution is -2.39. The number of rotatable bonds is 5. The smallest absolute Gasteiger partial charge is 0.0746 e. The van der Waals surface area contributed by atoms with Crippen LogP contribution in [0.25, 0.3) is 0 Å². The first kappa shape index (κ1) is 12.0. The zero-order valence-electron chi connectivity index (χ0n) is 9.94. The Kier molecular flexibility index (Phi) is 4.90. The first-order valence-electron chi connectivity index (χ1n) is 5.90. The number of hydrogen-bond donors (Lipinski definition) is 1. The van der Waals surface area contributed by atoms with Gasteiger partial charge in [0.1, 0.15) is 0 Å². The van der Waals surface area contributed by atoms with Gasteiger partial charge in [0.25, 0.3) is 0 Å². The molecule has 0 atom stereocenters. The van der Waals surface area contributed by atoms with Crippen molar-refractivity contribution in [2.75, 3.05) is 20.2 Å². The van der Waals surface area contributed by atoms with E-state index in [-0.39, 0.29) is 5.60 Å². The standard InChI is InChI=1S/C12H25NO/c1-12(2,14-3)10-13-9-11-7-5-4-6-8-11/h11,13H,4-10H2,1-3H3. The molecule has 0 aromatic heterocycles. The Labute approximate surface area is 88.4 Å². The minimum atomic E-state index is -0.0192. The molecule has 1 fully saturated rings. The average Bonchev–Trinajstić information content (AvgIpc) is 2.19. The number of ether oxygens (including phenoxy) is 1. The van der Waals surface area contributed by atoms with E-state index in [4.69, 9.17) is 4.74 Å². The summed E-state index contributed by atoms with van der Waals surface area (Å²) < 4.78 is 5.36. The summed E-state index contributed by atoms with van der Waals surface area (Å²) in [5.41, 5.74) is -0.0192. The van der Waals surface area contributed by atoms with Crippen molar-refractivity contribution < 1.29 is 4.74 Å². The molecule has 0 spiro atoms. The third-order valence-electron chi connectivity index (χ3n) is 3.26. The second-order valence-electron chi connectivity index (χ2n) is 5.10. The van der Waals surface area contributed by atoms with Gasteiger partial charge in [-0.15, -0.1) is 0 Å². The van der Waals surface area contributed by atoms with Crippen LogP contribution >= 0.6 is 0 Å². The van der Waals surface area contributed by atoms with Crippen LogP contribution in [0.4, 0.5) is 0 Å². The minimum absolute atomic E-state index is 0.0192. The van der Waals surface area contributed by atoms with Crippen LogP contribution in [0.15, 0.2) is 0 Å². The van der Waals surface area contributed by atoms with Crippen molar-refractivity contribution in [2.24, 2.45) is 5.92 Å². The van der Waals surface area contributed by atoms with Crippen LogP contribution in [-0.2, 0) is 4.74 Å². The normalized spacial score (nSPS) is 19.9. The van der Waals surface area contributed by atoms with Gasteiger partial charge in [0, 0.05) is 13.7 Å². The molecule has 0 heterocycles. The van der Waals surface area contributed by atoms with Crippen molar-refractivity contribution in [1.82, 2.24) is 5.32 Å². The van der Waals surface area contributed by atoms with Gasteiger partial charge in [-0.1, -0.05) is 19.3 Å². The minimum Gasteiger partial charge on any atom is -0.377 e. The molecule has 1 rings (SSSR count). The lowest BCUT2D eigenvalue weighted by molar-refractivity contribution is 0.0224. The summed E-state index contributed by atoms with van der Waals surface area (Å²) in [6.45, 7) is 6.38. The second-order valence-corrected chi connectivity index (χ2v) is 5.10. The molecule has 2 heteroatoms. The highest BCUT2D eigenvalue weighted by molar-refractivity contribution is 4.74. The molecular formula is C12H25NO. The van der Waals surface area contributed by atoms with Gasteiger partial charge in [0.2, 0.25) is 0 Å². The molecule has 1 aliphatic carbocycles. The van der Waals surface area contributed by atoms with Crippen LogP contribution in [-0.4, -0.2) is 25.8 Å². The number of nitrogens with one attached hydrogen (secondary N) is 1. The molecule has 0 amide bonds. The second kappa shape index (κ2) is 5.72. The molecule has 1 N–H and O–H groups in total. The Morgan fingerprint density at radius 2 is 1.86 bits per heavy atom. The molecule has 1 aliphatic rings. The van der Waals surface area contributed by atoms with E-state index in [0.717, 1.165) is 12.5 Å². The fourth-order valence-electron chi connectivity index (χ4n) is 2.04. The third kappa shape index (κ3) is 4.43. The van der Waals surface area contributed by atoms with E-state index in [1.165, 1.54) is 38.6 Å². The molecule has 0 radical (unpaired) electrons. The summed E-state index contributed by atoms with van der Waals surface area (Å²) in [6, 6.07) is 0. The van der Waals surface area contributed by atoms with Gasteiger partial charge in [-0.05, 0) is 39.2 Å². The largest absolute Gasteiger partial charge is 0.377 e. The topological polar surface area (TPSA) is 21.3 Å². The Balaban J connectivity index is 2.08. The predicted molar refractivity (Wildman–Crippen MR) is 60.5 cm³/mol. The van der Waals surface area contributed by atoms with Crippen molar-refractivity contribution in [3.63, 3.8) is 0 Å². The monoisotopic (exact) mass is 199 g/mol. The summed E-state index contributed by atoms with van der Waals surface area (Å²) in [5, 5.41) is 3.52. The van der Waals surface area contributed by atoms with E-state index in [1.807, 2.05) is 0 Å². The van der Waals surface area contributed by atoms with Crippen LogP contribution in [0.5, 0.6) is 0 Å². The van der Waals surface area contributed by atoms with Gasteiger partial charge in [0.15, 0.2) is 0 Å². The van der Waals surface area contributed by atoms with Crippen molar-refractivity contribution >= 4 is 0 Å². The number of methoxy groups -OCH3 is 1. The number of hydrogen-bond acceptors (Lipinski definition) is 2. The van der Waals surface area contributed by atoms with Gasteiger partial charge >= 0.3 is 0 Å². The molecule has 0 saturated heterocycles. The van der Waals surface area contributed by atoms with Crippen molar-refractivity contribution in [3.05, 3.63) is 0 Å². The fourth-order valence-corrected chi connectivity index (χ4v) is 2.04. The Hall–Kier alpha value is -0.0800. The van der Waals surface area contributed by atoms with E-state index in [9.17, 15) is 0 Å². The molecule has 0 unspecified atom stereocenters. The van der Waals surface area contributed by atoms with Crippen LogP contribution in [0.2, 0.25) is 0 Å². The zero-order valence-corrected chi connectivity index (χ0v) is 9.94. The summed E-state index contributed by atoms with van der Waals surface area (Å²) >= 11 is 0. The van der Waals surface area contributed by atoms with Crippen LogP contribution in [0.3, 0.4) is 0 Å². The molecule has 1 saturated carbocycles. The Morgan fingerprint density at radius 1 is 1.21 bits per heavy atom. The molecule has 0 aromatic rings. The molecule has 0 aromatic carbocycles. The molecule has 2 nitrogen and oxygen atoms in total. The maximum Gasteiger partial charge on any atom is 0.0746 e. The Morgan fingerprint density at radius 3 is 2.43 bits per heavy atom. The van der Waals surface area contributed by atoms with Crippen LogP contribution < -0.4 is 5.32 Å². The van der Waals surface area contributed by atoms with E-state index < -0.39 is 0 Å². The lowest BCUT2D eigenvalue weighted by atomic mass is 9.89. The van der Waals surface area contributed by atoms with E-state index in [1.54, 1.807) is 7.11 Å². The highest BCUT2D eigenvalue weighted by Crippen LogP contribution is 2.22. The first-order chi connectivity index (χ1) is 6.64. The van der Waals surface area contributed by atoms with Gasteiger partial charge in [-0.3, -0.25) is 0 Å². The van der Waals surface area contributed by atoms with Crippen molar-refractivity contribution in [2.45, 2.75) is 51.6 Å². The fraction of sp³-hybridized carbons (Fsp3) is 1.00. The first-order valence-corrected chi connectivity index (χ1v) is 5.90. The van der Waals surface area contributed by atoms with E-state index >= 15 is 0 Å². The predicted octanol–water partition coefficient (Wildman–Crippen LogP) is 2.58. The van der Waals surface area contributed by atoms with E-state index in [2.05, 4.69) is 19.2 Å². The Bertz CT molecular complexity index is 150. The van der Waals surface area contributed by atoms with Gasteiger partial charge in [-0.25, -0.2) is 0 Å². The van der Waals surface area contributed by atoms with Crippen molar-refractivity contribution in [3.8, 4) is 0 Å². The summed E-state index contributed by atoms with van der Waals surface area (Å²) in [5.74, 6) is 0.913. The van der Waals surface area contributed by atoms with Crippen LogP contribution in [0, 0.1) is 5.92 Å².